The molecule has 0 saturated carbocycles. The van der Waals surface area contributed by atoms with E-state index in [-0.39, 0.29) is 25.7 Å². The van der Waals surface area contributed by atoms with Gasteiger partial charge in [-0.3, -0.25) is 37.3 Å². The highest BCUT2D eigenvalue weighted by Crippen LogP contribution is 2.45. The van der Waals surface area contributed by atoms with Crippen LogP contribution in [0.15, 0.2) is 0 Å². The van der Waals surface area contributed by atoms with Crippen molar-refractivity contribution in [3.05, 3.63) is 0 Å². The van der Waals surface area contributed by atoms with Gasteiger partial charge in [0.05, 0.1) is 26.4 Å². The Balaban J connectivity index is 5.08. The van der Waals surface area contributed by atoms with Gasteiger partial charge in [0.15, 0.2) is 12.2 Å². The van der Waals surface area contributed by atoms with Gasteiger partial charge in [-0.2, -0.15) is 0 Å². The summed E-state index contributed by atoms with van der Waals surface area (Å²) in [4.78, 5) is 73.0. The lowest BCUT2D eigenvalue weighted by molar-refractivity contribution is -0.161. The van der Waals surface area contributed by atoms with Crippen molar-refractivity contribution in [2.24, 2.45) is 0 Å². The maximum atomic E-state index is 13.1. The first-order valence-electron chi connectivity index (χ1n) is 45.8. The summed E-state index contributed by atoms with van der Waals surface area (Å²) in [5.74, 6) is -2.11. The number of unbranched alkanes of at least 4 members (excludes halogenated alkanes) is 63. The van der Waals surface area contributed by atoms with Gasteiger partial charge in [-0.15, -0.1) is 0 Å². The average molecular weight is 1560 g/mol. The molecule has 0 radical (unpaired) electrons. The molecule has 0 aliphatic carbocycles. The van der Waals surface area contributed by atoms with E-state index in [0.717, 1.165) is 96.3 Å². The van der Waals surface area contributed by atoms with Gasteiger partial charge in [0.25, 0.3) is 0 Å². The Hall–Kier alpha value is -1.94. The molecule has 0 fully saturated rings. The second kappa shape index (κ2) is 82.1. The van der Waals surface area contributed by atoms with E-state index in [2.05, 4.69) is 27.7 Å². The summed E-state index contributed by atoms with van der Waals surface area (Å²) in [6.45, 7) is 4.97. The minimum atomic E-state index is -4.96. The van der Waals surface area contributed by atoms with Crippen LogP contribution in [-0.2, 0) is 65.4 Å². The lowest BCUT2D eigenvalue weighted by atomic mass is 10.0. The number of phosphoric acid groups is 2. The van der Waals surface area contributed by atoms with Crippen molar-refractivity contribution in [2.75, 3.05) is 39.6 Å². The first-order chi connectivity index (χ1) is 52.2. The van der Waals surface area contributed by atoms with Gasteiger partial charge in [-0.1, -0.05) is 432 Å². The number of carbonyl (C=O) groups is 4. The number of carbonyl (C=O) groups excluding carboxylic acids is 4. The van der Waals surface area contributed by atoms with Gasteiger partial charge in [0.1, 0.15) is 19.3 Å². The van der Waals surface area contributed by atoms with Crippen molar-refractivity contribution >= 4 is 39.5 Å². The fourth-order valence-corrected chi connectivity index (χ4v) is 15.5. The standard InChI is InChI=1S/C88H172O17P2/c1-5-9-13-17-20-23-26-29-32-35-38-41-44-46-49-52-55-58-61-65-69-73-86(91)99-79-84(105-88(93)75-71-67-63-60-57-54-51-48-45-42-39-36-33-30-27-24-21-18-14-10-6-2)81-103-107(96,97)101-77-82(89)76-100-106(94,95)102-80-83(78-98-85(90)72-68-64-16-12-8-4)104-87(92)74-70-66-62-59-56-53-50-47-43-40-37-34-31-28-25-22-19-15-11-7-3/h82-84,89H,5-81H2,1-4H3,(H,94,95)(H,96,97)/t82-,83+,84+/m0/s1. The zero-order chi connectivity index (χ0) is 78.1. The number of esters is 4. The highest BCUT2D eigenvalue weighted by Gasteiger charge is 2.30. The lowest BCUT2D eigenvalue weighted by Crippen LogP contribution is -2.30. The molecule has 2 unspecified atom stereocenters. The van der Waals surface area contributed by atoms with Gasteiger partial charge in [0, 0.05) is 25.7 Å². The van der Waals surface area contributed by atoms with Gasteiger partial charge in [-0.25, -0.2) is 9.13 Å². The summed E-state index contributed by atoms with van der Waals surface area (Å²) in [5, 5.41) is 10.6. The molecule has 0 aromatic heterocycles. The van der Waals surface area contributed by atoms with Gasteiger partial charge in [0.2, 0.25) is 0 Å². The Labute approximate surface area is 658 Å². The quantitative estimate of drug-likeness (QED) is 0.0222. The van der Waals surface area contributed by atoms with Crippen LogP contribution >= 0.6 is 15.6 Å². The third kappa shape index (κ3) is 81.9. The molecule has 5 atom stereocenters. The molecule has 3 N–H and O–H groups in total. The number of ether oxygens (including phenoxy) is 4. The van der Waals surface area contributed by atoms with E-state index in [9.17, 15) is 43.2 Å². The molecule has 107 heavy (non-hydrogen) atoms. The molecule has 0 amide bonds. The second-order valence-electron chi connectivity index (χ2n) is 31.6. The summed E-state index contributed by atoms with van der Waals surface area (Å²) < 4.78 is 68.7. The smallest absolute Gasteiger partial charge is 0.462 e. The molecule has 0 saturated heterocycles. The van der Waals surface area contributed by atoms with Crippen molar-refractivity contribution in [1.29, 1.82) is 0 Å². The number of phosphoric ester groups is 2. The van der Waals surface area contributed by atoms with E-state index < -0.39 is 97.5 Å². The molecule has 17 nitrogen and oxygen atoms in total. The van der Waals surface area contributed by atoms with Crippen LogP contribution in [-0.4, -0.2) is 96.7 Å². The summed E-state index contributed by atoms with van der Waals surface area (Å²) in [6, 6.07) is 0. The summed E-state index contributed by atoms with van der Waals surface area (Å²) in [7, 11) is -9.92. The second-order valence-corrected chi connectivity index (χ2v) is 34.5. The van der Waals surface area contributed by atoms with E-state index in [1.165, 1.54) is 308 Å². The van der Waals surface area contributed by atoms with Crippen LogP contribution in [0, 0.1) is 0 Å². The van der Waals surface area contributed by atoms with Crippen LogP contribution in [0.5, 0.6) is 0 Å². The molecule has 0 bridgehead atoms. The third-order valence-corrected chi connectivity index (χ3v) is 22.8. The minimum Gasteiger partial charge on any atom is -0.462 e. The highest BCUT2D eigenvalue weighted by atomic mass is 31.2. The third-order valence-electron chi connectivity index (χ3n) is 20.9. The van der Waals surface area contributed by atoms with Crippen LogP contribution in [0.2, 0.25) is 0 Å². The first-order valence-corrected chi connectivity index (χ1v) is 48.8. The largest absolute Gasteiger partial charge is 0.472 e. The minimum absolute atomic E-state index is 0.109. The molecule has 0 aliphatic rings. The van der Waals surface area contributed by atoms with Crippen molar-refractivity contribution < 1.29 is 80.2 Å². The fourth-order valence-electron chi connectivity index (χ4n) is 13.9. The summed E-state index contributed by atoms with van der Waals surface area (Å²) in [5.41, 5.74) is 0. The monoisotopic (exact) mass is 1560 g/mol. The van der Waals surface area contributed by atoms with Crippen molar-refractivity contribution in [3.63, 3.8) is 0 Å². The van der Waals surface area contributed by atoms with E-state index in [0.29, 0.717) is 25.7 Å². The highest BCUT2D eigenvalue weighted by molar-refractivity contribution is 7.47. The normalized spacial score (nSPS) is 13.7. The predicted octanol–water partition coefficient (Wildman–Crippen LogP) is 27.3. The van der Waals surface area contributed by atoms with E-state index >= 15 is 0 Å². The molecule has 0 aliphatic heterocycles. The molecular formula is C88H172O17P2. The van der Waals surface area contributed by atoms with Crippen LogP contribution in [0.1, 0.15) is 484 Å². The predicted molar refractivity (Wildman–Crippen MR) is 442 cm³/mol. The Morgan fingerprint density at radius 2 is 0.374 bits per heavy atom. The van der Waals surface area contributed by atoms with Crippen molar-refractivity contribution in [2.45, 2.75) is 502 Å². The zero-order valence-corrected chi connectivity index (χ0v) is 71.9. The molecule has 0 rings (SSSR count). The number of rotatable bonds is 89. The van der Waals surface area contributed by atoms with Crippen molar-refractivity contribution in [3.8, 4) is 0 Å². The van der Waals surface area contributed by atoms with Gasteiger partial charge < -0.3 is 33.8 Å². The number of hydrogen-bond acceptors (Lipinski definition) is 15. The average Bonchev–Trinajstić information content (AvgIpc) is 0.901. The number of aliphatic hydroxyl groups is 1. The van der Waals surface area contributed by atoms with Crippen molar-refractivity contribution in [1.82, 2.24) is 0 Å². The van der Waals surface area contributed by atoms with Crippen LogP contribution < -0.4 is 0 Å². The molecule has 19 heteroatoms. The Kier molecular flexibility index (Phi) is 80.6. The van der Waals surface area contributed by atoms with Crippen LogP contribution in [0.25, 0.3) is 0 Å². The first kappa shape index (κ1) is 105. The van der Waals surface area contributed by atoms with Gasteiger partial charge in [-0.05, 0) is 25.7 Å². The molecule has 0 heterocycles. The van der Waals surface area contributed by atoms with Gasteiger partial charge >= 0.3 is 39.5 Å². The molecule has 0 spiro atoms. The molecule has 0 aromatic rings. The Morgan fingerprint density at radius 3 is 0.551 bits per heavy atom. The SMILES string of the molecule is CCCCCCCCCCCCCCCCCCCCCCCC(=O)OC[C@H](COP(=O)(O)OC[C@@H](O)COP(=O)(O)OC[C@@H](COC(=O)CCCCCCC)OC(=O)CCCCCCCCCCCCCCCCCCCCCC)OC(=O)CCCCCCCCCCCCCCCCCCCCCCC. The molecule has 636 valence electrons. The molecular weight excluding hydrogens is 1390 g/mol. The fraction of sp³-hybridized carbons (Fsp3) is 0.955. The Bertz CT molecular complexity index is 2020. The number of hydrogen-bond donors (Lipinski definition) is 3. The maximum absolute atomic E-state index is 13.1. The summed E-state index contributed by atoms with van der Waals surface area (Å²) >= 11 is 0. The van der Waals surface area contributed by atoms with Crippen LogP contribution in [0.4, 0.5) is 0 Å². The Morgan fingerprint density at radius 1 is 0.224 bits per heavy atom. The zero-order valence-electron chi connectivity index (χ0n) is 70.1. The molecule has 0 aromatic carbocycles. The van der Waals surface area contributed by atoms with E-state index in [1.807, 2.05) is 0 Å². The number of aliphatic hydroxyl groups excluding tert-OH is 1. The van der Waals surface area contributed by atoms with Crippen LogP contribution in [0.3, 0.4) is 0 Å². The summed E-state index contributed by atoms with van der Waals surface area (Å²) in [6.07, 6.45) is 78.5. The lowest BCUT2D eigenvalue weighted by Gasteiger charge is -2.21. The van der Waals surface area contributed by atoms with E-state index in [4.69, 9.17) is 37.0 Å². The topological polar surface area (TPSA) is 237 Å². The van der Waals surface area contributed by atoms with E-state index in [1.54, 1.807) is 0 Å². The maximum Gasteiger partial charge on any atom is 0.472 e.